The van der Waals surface area contributed by atoms with Crippen LogP contribution < -0.4 is 16.5 Å². The SMILES string of the molecule is Nc1cncc2c(Nc3ccc(I)cc3F)c(C(=O)NOCCO)oc12. The van der Waals surface area contributed by atoms with Gasteiger partial charge in [-0.25, -0.2) is 9.87 Å². The number of aliphatic hydroxyl groups is 1. The Kier molecular flexibility index (Phi) is 5.54. The second kappa shape index (κ2) is 7.85. The number of hydroxylamine groups is 1. The van der Waals surface area contributed by atoms with Gasteiger partial charge in [-0.05, 0) is 40.8 Å². The van der Waals surface area contributed by atoms with Gasteiger partial charge in [-0.2, -0.15) is 0 Å². The molecule has 0 atom stereocenters. The molecule has 2 aromatic heterocycles. The average molecular weight is 472 g/mol. The molecular formula is C16H14FIN4O4. The smallest absolute Gasteiger partial charge is 0.312 e. The second-order valence-electron chi connectivity index (χ2n) is 5.16. The molecule has 0 unspecified atom stereocenters. The first kappa shape index (κ1) is 18.4. The lowest BCUT2D eigenvalue weighted by Gasteiger charge is -2.09. The molecule has 3 rings (SSSR count). The first-order chi connectivity index (χ1) is 12.5. The summed E-state index contributed by atoms with van der Waals surface area (Å²) in [5, 5.41) is 12.0. The third-order valence-electron chi connectivity index (χ3n) is 3.38. The molecule has 0 radical (unpaired) electrons. The van der Waals surface area contributed by atoms with Crippen LogP contribution in [0.5, 0.6) is 0 Å². The number of carbonyl (C=O) groups excluding carboxylic acids is 1. The van der Waals surface area contributed by atoms with Crippen molar-refractivity contribution in [1.82, 2.24) is 10.5 Å². The lowest BCUT2D eigenvalue weighted by Crippen LogP contribution is -2.25. The van der Waals surface area contributed by atoms with Crippen LogP contribution in [0.4, 0.5) is 21.5 Å². The number of hydrogen-bond donors (Lipinski definition) is 4. The molecule has 0 aliphatic carbocycles. The third kappa shape index (κ3) is 3.71. The van der Waals surface area contributed by atoms with Crippen molar-refractivity contribution in [2.24, 2.45) is 0 Å². The predicted molar refractivity (Wildman–Crippen MR) is 101 cm³/mol. The Labute approximate surface area is 160 Å². The Morgan fingerprint density at radius 3 is 2.96 bits per heavy atom. The lowest BCUT2D eigenvalue weighted by atomic mass is 10.2. The van der Waals surface area contributed by atoms with Crippen molar-refractivity contribution in [2.45, 2.75) is 0 Å². The Balaban J connectivity index is 2.04. The Morgan fingerprint density at radius 2 is 2.23 bits per heavy atom. The zero-order valence-electron chi connectivity index (χ0n) is 13.3. The summed E-state index contributed by atoms with van der Waals surface area (Å²) >= 11 is 1.99. The fraction of sp³-hybridized carbons (Fsp3) is 0.125. The van der Waals surface area contributed by atoms with Gasteiger partial charge in [0, 0.05) is 9.77 Å². The molecular weight excluding hydrogens is 458 g/mol. The van der Waals surface area contributed by atoms with E-state index in [1.54, 1.807) is 12.1 Å². The lowest BCUT2D eigenvalue weighted by molar-refractivity contribution is 0.0152. The molecule has 8 nitrogen and oxygen atoms in total. The van der Waals surface area contributed by atoms with E-state index >= 15 is 0 Å². The summed E-state index contributed by atoms with van der Waals surface area (Å²) in [6.07, 6.45) is 2.83. The van der Waals surface area contributed by atoms with Crippen molar-refractivity contribution in [3.05, 3.63) is 45.7 Å². The van der Waals surface area contributed by atoms with Gasteiger partial charge >= 0.3 is 5.91 Å². The predicted octanol–water partition coefficient (Wildman–Crippen LogP) is 2.55. The van der Waals surface area contributed by atoms with Gasteiger partial charge in [0.25, 0.3) is 0 Å². The molecule has 0 saturated carbocycles. The first-order valence-corrected chi connectivity index (χ1v) is 8.50. The summed E-state index contributed by atoms with van der Waals surface area (Å²) in [5.74, 6) is -1.37. The fourth-order valence-electron chi connectivity index (χ4n) is 2.25. The van der Waals surface area contributed by atoms with E-state index in [-0.39, 0.29) is 41.6 Å². The van der Waals surface area contributed by atoms with E-state index < -0.39 is 11.7 Å². The number of halogens is 2. The van der Waals surface area contributed by atoms with Gasteiger partial charge in [0.1, 0.15) is 11.5 Å². The van der Waals surface area contributed by atoms with Crippen LogP contribution in [0, 0.1) is 9.39 Å². The molecule has 136 valence electrons. The maximum atomic E-state index is 14.2. The van der Waals surface area contributed by atoms with Crippen molar-refractivity contribution >= 4 is 56.5 Å². The number of pyridine rings is 1. The van der Waals surface area contributed by atoms with Crippen molar-refractivity contribution in [2.75, 3.05) is 24.3 Å². The molecule has 0 aliphatic heterocycles. The van der Waals surface area contributed by atoms with Crippen molar-refractivity contribution < 1.29 is 23.5 Å². The summed E-state index contributed by atoms with van der Waals surface area (Å²) < 4.78 is 20.5. The van der Waals surface area contributed by atoms with Crippen LogP contribution in [0.25, 0.3) is 11.0 Å². The number of rotatable bonds is 6. The van der Waals surface area contributed by atoms with Gasteiger partial charge in [-0.3, -0.25) is 14.6 Å². The van der Waals surface area contributed by atoms with Gasteiger partial charge in [0.05, 0.1) is 36.2 Å². The van der Waals surface area contributed by atoms with Crippen molar-refractivity contribution in [3.8, 4) is 0 Å². The highest BCUT2D eigenvalue weighted by Crippen LogP contribution is 2.36. The minimum atomic E-state index is -0.720. The highest BCUT2D eigenvalue weighted by molar-refractivity contribution is 14.1. The van der Waals surface area contributed by atoms with E-state index in [0.717, 1.165) is 3.57 Å². The van der Waals surface area contributed by atoms with Gasteiger partial charge in [0.15, 0.2) is 5.58 Å². The van der Waals surface area contributed by atoms with Crippen molar-refractivity contribution in [3.63, 3.8) is 0 Å². The van der Waals surface area contributed by atoms with Crippen LogP contribution in [0.2, 0.25) is 0 Å². The monoisotopic (exact) mass is 472 g/mol. The topological polar surface area (TPSA) is 123 Å². The van der Waals surface area contributed by atoms with Crippen LogP contribution in [-0.4, -0.2) is 29.2 Å². The molecule has 10 heteroatoms. The van der Waals surface area contributed by atoms with Crippen LogP contribution in [0.3, 0.4) is 0 Å². The number of nitrogens with zero attached hydrogens (tertiary/aromatic N) is 1. The standard InChI is InChI=1S/C16H14FIN4O4/c17-10-5-8(18)1-2-12(10)21-13-9-6-20-7-11(19)14(9)26-15(13)16(24)22-25-4-3-23/h1-2,5-7,21,23H,3-4,19H2,(H,22,24). The number of nitrogen functional groups attached to an aromatic ring is 1. The Bertz CT molecular complexity index is 963. The van der Waals surface area contributed by atoms with E-state index in [9.17, 15) is 9.18 Å². The first-order valence-electron chi connectivity index (χ1n) is 7.42. The molecule has 3 aromatic rings. The highest BCUT2D eigenvalue weighted by Gasteiger charge is 2.23. The number of nitrogens with one attached hydrogen (secondary N) is 2. The zero-order chi connectivity index (χ0) is 18.7. The summed E-state index contributed by atoms with van der Waals surface area (Å²) in [5.41, 5.74) is 8.80. The number of amides is 1. The van der Waals surface area contributed by atoms with E-state index in [2.05, 4.69) is 15.8 Å². The number of furan rings is 1. The maximum absolute atomic E-state index is 14.2. The Morgan fingerprint density at radius 1 is 1.42 bits per heavy atom. The molecule has 0 fully saturated rings. The zero-order valence-corrected chi connectivity index (χ0v) is 15.4. The van der Waals surface area contributed by atoms with Gasteiger partial charge < -0.3 is 20.6 Å². The summed E-state index contributed by atoms with van der Waals surface area (Å²) in [4.78, 5) is 21.1. The minimum Gasteiger partial charge on any atom is -0.446 e. The number of benzene rings is 1. The summed E-state index contributed by atoms with van der Waals surface area (Å²) in [6.45, 7) is -0.361. The number of carbonyl (C=O) groups is 1. The van der Waals surface area contributed by atoms with E-state index in [4.69, 9.17) is 20.1 Å². The van der Waals surface area contributed by atoms with Crippen LogP contribution in [-0.2, 0) is 4.84 Å². The molecule has 0 aliphatic rings. The second-order valence-corrected chi connectivity index (χ2v) is 6.41. The molecule has 1 amide bonds. The molecule has 1 aromatic carbocycles. The molecule has 5 N–H and O–H groups in total. The normalized spacial score (nSPS) is 10.9. The average Bonchev–Trinajstić information content (AvgIpc) is 2.98. The van der Waals surface area contributed by atoms with Crippen molar-refractivity contribution in [1.29, 1.82) is 0 Å². The van der Waals surface area contributed by atoms with E-state index in [1.165, 1.54) is 18.5 Å². The minimum absolute atomic E-state index is 0.0931. The van der Waals surface area contributed by atoms with E-state index in [1.807, 2.05) is 22.6 Å². The van der Waals surface area contributed by atoms with Crippen LogP contribution in [0.1, 0.15) is 10.6 Å². The largest absolute Gasteiger partial charge is 0.446 e. The number of aliphatic hydroxyl groups excluding tert-OH is 1. The molecule has 0 spiro atoms. The molecule has 2 heterocycles. The Hall–Kier alpha value is -2.44. The quantitative estimate of drug-likeness (QED) is 0.247. The van der Waals surface area contributed by atoms with Gasteiger partial charge in [-0.15, -0.1) is 0 Å². The number of anilines is 3. The molecule has 0 bridgehead atoms. The van der Waals surface area contributed by atoms with Gasteiger partial charge in [-0.1, -0.05) is 0 Å². The fourth-order valence-corrected chi connectivity index (χ4v) is 2.70. The number of fused-ring (bicyclic) bond motifs is 1. The number of nitrogens with two attached hydrogens (primary N) is 1. The number of aromatic nitrogens is 1. The third-order valence-corrected chi connectivity index (χ3v) is 4.05. The van der Waals surface area contributed by atoms with Crippen LogP contribution in [0.15, 0.2) is 35.0 Å². The number of hydrogen-bond acceptors (Lipinski definition) is 7. The summed E-state index contributed by atoms with van der Waals surface area (Å²) in [6, 6.07) is 4.60. The maximum Gasteiger partial charge on any atom is 0.312 e. The van der Waals surface area contributed by atoms with Gasteiger partial charge in [0.2, 0.25) is 5.76 Å². The van der Waals surface area contributed by atoms with E-state index in [0.29, 0.717) is 5.39 Å². The van der Waals surface area contributed by atoms with Crippen LogP contribution >= 0.6 is 22.6 Å². The molecule has 0 saturated heterocycles. The highest BCUT2D eigenvalue weighted by atomic mass is 127. The summed E-state index contributed by atoms with van der Waals surface area (Å²) in [7, 11) is 0. The molecule has 26 heavy (non-hydrogen) atoms.